The Morgan fingerprint density at radius 3 is 2.74 bits per heavy atom. The summed E-state index contributed by atoms with van der Waals surface area (Å²) in [5.74, 6) is 0.108. The van der Waals surface area contributed by atoms with Crippen LogP contribution in [-0.2, 0) is 0 Å². The van der Waals surface area contributed by atoms with Crippen molar-refractivity contribution in [3.63, 3.8) is 0 Å². The van der Waals surface area contributed by atoms with Crippen molar-refractivity contribution in [1.29, 1.82) is 0 Å². The summed E-state index contributed by atoms with van der Waals surface area (Å²) in [6, 6.07) is 3.74. The van der Waals surface area contributed by atoms with Gasteiger partial charge in [0.1, 0.15) is 5.65 Å². The maximum atomic E-state index is 12.4. The third-order valence-corrected chi connectivity index (χ3v) is 3.62. The van der Waals surface area contributed by atoms with Gasteiger partial charge in [0.15, 0.2) is 0 Å². The molecule has 0 saturated carbocycles. The van der Waals surface area contributed by atoms with Crippen molar-refractivity contribution < 1.29 is 4.79 Å². The van der Waals surface area contributed by atoms with Crippen molar-refractivity contribution in [3.05, 3.63) is 35.8 Å². The van der Waals surface area contributed by atoms with E-state index in [1.807, 2.05) is 40.8 Å². The van der Waals surface area contributed by atoms with Crippen molar-refractivity contribution in [2.75, 3.05) is 33.2 Å². The third kappa shape index (κ3) is 2.33. The quantitative estimate of drug-likeness (QED) is 0.767. The van der Waals surface area contributed by atoms with Gasteiger partial charge in [0.05, 0.1) is 5.69 Å². The Morgan fingerprint density at radius 2 is 2.00 bits per heavy atom. The third-order valence-electron chi connectivity index (χ3n) is 3.62. The van der Waals surface area contributed by atoms with Gasteiger partial charge >= 0.3 is 0 Å². The summed E-state index contributed by atoms with van der Waals surface area (Å²) >= 11 is 0. The number of carbonyl (C=O) groups is 1. The minimum absolute atomic E-state index is 0.108. The van der Waals surface area contributed by atoms with E-state index in [1.165, 1.54) is 0 Å². The molecular weight excluding hydrogens is 240 g/mol. The molecule has 0 atom stereocenters. The number of piperazine rings is 1. The van der Waals surface area contributed by atoms with Gasteiger partial charge in [0.2, 0.25) is 0 Å². The summed E-state index contributed by atoms with van der Waals surface area (Å²) in [7, 11) is 2.08. The lowest BCUT2D eigenvalue weighted by Gasteiger charge is -2.32. The molecule has 0 bridgehead atoms. The lowest BCUT2D eigenvalue weighted by Crippen LogP contribution is -2.47. The molecule has 0 aliphatic carbocycles. The van der Waals surface area contributed by atoms with Gasteiger partial charge in [0.25, 0.3) is 5.91 Å². The first kappa shape index (κ1) is 12.2. The zero-order valence-corrected chi connectivity index (χ0v) is 11.3. The van der Waals surface area contributed by atoms with Gasteiger partial charge < -0.3 is 14.2 Å². The van der Waals surface area contributed by atoms with Crippen LogP contribution in [0.5, 0.6) is 0 Å². The molecule has 100 valence electrons. The highest BCUT2D eigenvalue weighted by Gasteiger charge is 2.20. The van der Waals surface area contributed by atoms with Crippen LogP contribution < -0.4 is 0 Å². The molecule has 0 aromatic carbocycles. The molecule has 19 heavy (non-hydrogen) atoms. The summed E-state index contributed by atoms with van der Waals surface area (Å²) in [4.78, 5) is 21.0. The molecule has 5 nitrogen and oxygen atoms in total. The van der Waals surface area contributed by atoms with Gasteiger partial charge in [-0.05, 0) is 26.1 Å². The molecule has 1 aliphatic heterocycles. The number of hydrogen-bond acceptors (Lipinski definition) is 3. The molecule has 1 saturated heterocycles. The van der Waals surface area contributed by atoms with Gasteiger partial charge in [-0.1, -0.05) is 0 Å². The minimum atomic E-state index is 0.108. The highest BCUT2D eigenvalue weighted by atomic mass is 16.2. The van der Waals surface area contributed by atoms with E-state index in [9.17, 15) is 4.79 Å². The zero-order chi connectivity index (χ0) is 13.4. The number of aryl methyl sites for hydroxylation is 1. The Bertz CT molecular complexity index is 611. The Labute approximate surface area is 112 Å². The highest BCUT2D eigenvalue weighted by molar-refractivity contribution is 5.95. The molecular formula is C14H18N4O. The van der Waals surface area contributed by atoms with Crippen LogP contribution in [0.1, 0.15) is 16.1 Å². The second kappa shape index (κ2) is 4.66. The average Bonchev–Trinajstić information content (AvgIpc) is 2.77. The Morgan fingerprint density at radius 1 is 1.26 bits per heavy atom. The monoisotopic (exact) mass is 258 g/mol. The molecule has 0 radical (unpaired) electrons. The number of aromatic nitrogens is 2. The highest BCUT2D eigenvalue weighted by Crippen LogP contribution is 2.11. The van der Waals surface area contributed by atoms with Crippen LogP contribution in [0.2, 0.25) is 0 Å². The van der Waals surface area contributed by atoms with Gasteiger partial charge in [-0.2, -0.15) is 0 Å². The van der Waals surface area contributed by atoms with E-state index in [4.69, 9.17) is 0 Å². The van der Waals surface area contributed by atoms with E-state index in [-0.39, 0.29) is 5.91 Å². The topological polar surface area (TPSA) is 40.9 Å². The van der Waals surface area contributed by atoms with Crippen molar-refractivity contribution in [2.24, 2.45) is 0 Å². The molecule has 0 spiro atoms. The summed E-state index contributed by atoms with van der Waals surface area (Å²) in [6.45, 7) is 5.43. The second-order valence-corrected chi connectivity index (χ2v) is 5.16. The van der Waals surface area contributed by atoms with E-state index < -0.39 is 0 Å². The van der Waals surface area contributed by atoms with Gasteiger partial charge in [-0.15, -0.1) is 0 Å². The predicted molar refractivity (Wildman–Crippen MR) is 73.3 cm³/mol. The first-order valence-corrected chi connectivity index (χ1v) is 6.57. The molecule has 2 aromatic rings. The van der Waals surface area contributed by atoms with E-state index in [2.05, 4.69) is 16.9 Å². The summed E-state index contributed by atoms with van der Waals surface area (Å²) < 4.78 is 1.94. The van der Waals surface area contributed by atoms with Crippen molar-refractivity contribution in [2.45, 2.75) is 6.92 Å². The van der Waals surface area contributed by atoms with E-state index in [0.29, 0.717) is 0 Å². The Balaban J connectivity index is 1.84. The summed E-state index contributed by atoms with van der Waals surface area (Å²) in [5.41, 5.74) is 2.52. The van der Waals surface area contributed by atoms with Crippen LogP contribution in [0.4, 0.5) is 0 Å². The maximum Gasteiger partial charge on any atom is 0.254 e. The SMILES string of the molecule is Cc1cn2ccc(C(=O)N3CCN(C)CC3)cc2n1. The van der Waals surface area contributed by atoms with Crippen molar-refractivity contribution in [1.82, 2.24) is 19.2 Å². The van der Waals surface area contributed by atoms with Crippen molar-refractivity contribution in [3.8, 4) is 0 Å². The molecule has 0 N–H and O–H groups in total. The van der Waals surface area contributed by atoms with E-state index in [0.717, 1.165) is 43.1 Å². The summed E-state index contributed by atoms with van der Waals surface area (Å²) in [6.07, 6.45) is 3.86. The fraction of sp³-hybridized carbons (Fsp3) is 0.429. The lowest BCUT2D eigenvalue weighted by atomic mass is 10.2. The molecule has 1 amide bonds. The molecule has 0 unspecified atom stereocenters. The number of likely N-dealkylation sites (N-methyl/N-ethyl adjacent to an activating group) is 1. The largest absolute Gasteiger partial charge is 0.336 e. The zero-order valence-electron chi connectivity index (χ0n) is 11.3. The van der Waals surface area contributed by atoms with Gasteiger partial charge in [-0.3, -0.25) is 4.79 Å². The Hall–Kier alpha value is -1.88. The molecule has 3 rings (SSSR count). The number of carbonyl (C=O) groups excluding carboxylic acids is 1. The van der Waals surface area contributed by atoms with E-state index >= 15 is 0 Å². The normalized spacial score (nSPS) is 17.1. The number of nitrogens with zero attached hydrogens (tertiary/aromatic N) is 4. The number of hydrogen-bond donors (Lipinski definition) is 0. The standard InChI is InChI=1S/C14H18N4O/c1-11-10-18-4-3-12(9-13(18)15-11)14(19)17-7-5-16(2)6-8-17/h3-4,9-10H,5-8H2,1-2H3. The predicted octanol–water partition coefficient (Wildman–Crippen LogP) is 1.03. The van der Waals surface area contributed by atoms with Crippen LogP contribution in [0.25, 0.3) is 5.65 Å². The first-order valence-electron chi connectivity index (χ1n) is 6.57. The number of fused-ring (bicyclic) bond motifs is 1. The molecule has 5 heteroatoms. The number of rotatable bonds is 1. The minimum Gasteiger partial charge on any atom is -0.336 e. The number of imidazole rings is 1. The van der Waals surface area contributed by atoms with Crippen molar-refractivity contribution >= 4 is 11.6 Å². The van der Waals surface area contributed by atoms with E-state index in [1.54, 1.807) is 0 Å². The number of pyridine rings is 1. The second-order valence-electron chi connectivity index (χ2n) is 5.16. The Kier molecular flexibility index (Phi) is 2.98. The fourth-order valence-corrected chi connectivity index (χ4v) is 2.43. The smallest absolute Gasteiger partial charge is 0.254 e. The van der Waals surface area contributed by atoms with Crippen LogP contribution >= 0.6 is 0 Å². The fourth-order valence-electron chi connectivity index (χ4n) is 2.43. The first-order chi connectivity index (χ1) is 9.13. The van der Waals surface area contributed by atoms with Gasteiger partial charge in [0, 0.05) is 44.1 Å². The van der Waals surface area contributed by atoms with Crippen LogP contribution in [0.15, 0.2) is 24.5 Å². The van der Waals surface area contributed by atoms with Gasteiger partial charge in [-0.25, -0.2) is 4.98 Å². The molecule has 2 aromatic heterocycles. The summed E-state index contributed by atoms with van der Waals surface area (Å²) in [5, 5.41) is 0. The maximum absolute atomic E-state index is 12.4. The van der Waals surface area contributed by atoms with Crippen LogP contribution in [0.3, 0.4) is 0 Å². The van der Waals surface area contributed by atoms with Crippen LogP contribution in [0, 0.1) is 6.92 Å². The molecule has 1 aliphatic rings. The number of amides is 1. The lowest BCUT2D eigenvalue weighted by molar-refractivity contribution is 0.0664. The van der Waals surface area contributed by atoms with Crippen LogP contribution in [-0.4, -0.2) is 58.3 Å². The average molecular weight is 258 g/mol. The molecule has 1 fully saturated rings. The molecule has 3 heterocycles.